The molecule has 2 atom stereocenters. The Kier molecular flexibility index (Phi) is 8.09. The molecule has 0 unspecified atom stereocenters. The fraction of sp³-hybridized carbons (Fsp3) is 0.500. The summed E-state index contributed by atoms with van der Waals surface area (Å²) in [5, 5.41) is 2.37. The Morgan fingerprint density at radius 2 is 1.55 bits per heavy atom. The van der Waals surface area contributed by atoms with Crippen molar-refractivity contribution in [2.75, 3.05) is 13.2 Å². The average Bonchev–Trinajstić information content (AvgIpc) is 2.76. The number of hydrogen-bond acceptors (Lipinski definition) is 4. The van der Waals surface area contributed by atoms with Crippen LogP contribution in [-0.4, -0.2) is 39.7 Å². The molecule has 1 aliphatic heterocycles. The molecule has 2 aromatic carbocycles. The zero-order valence-corrected chi connectivity index (χ0v) is 20.3. The van der Waals surface area contributed by atoms with E-state index < -0.39 is 14.4 Å². The summed E-state index contributed by atoms with van der Waals surface area (Å²) in [5.74, 6) is -0.251. The highest BCUT2D eigenvalue weighted by atomic mass is 28.4. The average molecular weight is 441 g/mol. The minimum atomic E-state index is -2.62. The molecule has 0 bridgehead atoms. The molecule has 0 saturated carbocycles. The second kappa shape index (κ2) is 10.6. The fourth-order valence-electron chi connectivity index (χ4n) is 4.37. The van der Waals surface area contributed by atoms with Crippen molar-refractivity contribution in [3.63, 3.8) is 0 Å². The molecule has 1 fully saturated rings. The van der Waals surface area contributed by atoms with Crippen LogP contribution in [0.25, 0.3) is 0 Å². The van der Waals surface area contributed by atoms with Crippen LogP contribution in [0.15, 0.2) is 60.7 Å². The van der Waals surface area contributed by atoms with Crippen LogP contribution >= 0.6 is 0 Å². The van der Waals surface area contributed by atoms with Gasteiger partial charge in [0.1, 0.15) is 6.10 Å². The molecule has 0 spiro atoms. The lowest BCUT2D eigenvalue weighted by Crippen LogP contribution is -2.67. The summed E-state index contributed by atoms with van der Waals surface area (Å²) >= 11 is 0. The highest BCUT2D eigenvalue weighted by molar-refractivity contribution is 6.99. The molecule has 3 rings (SSSR count). The monoisotopic (exact) mass is 440 g/mol. The van der Waals surface area contributed by atoms with Gasteiger partial charge in [0.15, 0.2) is 6.10 Å². The quantitative estimate of drug-likeness (QED) is 0.328. The first-order chi connectivity index (χ1) is 14.9. The van der Waals surface area contributed by atoms with E-state index in [0.717, 1.165) is 19.3 Å². The van der Waals surface area contributed by atoms with Gasteiger partial charge in [0.05, 0.1) is 6.61 Å². The molecule has 31 heavy (non-hydrogen) atoms. The first-order valence-electron chi connectivity index (χ1n) is 11.5. The van der Waals surface area contributed by atoms with Gasteiger partial charge >= 0.3 is 5.97 Å². The maximum Gasteiger partial charge on any atom is 0.335 e. The van der Waals surface area contributed by atoms with Crippen LogP contribution in [0.4, 0.5) is 0 Å². The lowest BCUT2D eigenvalue weighted by atomic mass is 10.1. The number of rotatable bonds is 9. The molecule has 0 N–H and O–H groups in total. The first-order valence-corrected chi connectivity index (χ1v) is 13.4. The normalized spacial score (nSPS) is 19.8. The summed E-state index contributed by atoms with van der Waals surface area (Å²) in [4.78, 5) is 12.5. The number of benzene rings is 2. The molecular formula is C26H36O4Si. The molecule has 4 nitrogen and oxygen atoms in total. The third-order valence-corrected chi connectivity index (χ3v) is 11.0. The van der Waals surface area contributed by atoms with Crippen LogP contribution in [0.2, 0.25) is 5.04 Å². The van der Waals surface area contributed by atoms with Gasteiger partial charge in [0, 0.05) is 6.61 Å². The maximum atomic E-state index is 12.5. The number of carbonyl (C=O) groups is 1. The van der Waals surface area contributed by atoms with Crippen molar-refractivity contribution >= 4 is 24.7 Å². The summed E-state index contributed by atoms with van der Waals surface area (Å²) < 4.78 is 18.4. The lowest BCUT2D eigenvalue weighted by molar-refractivity contribution is -0.173. The number of unbranched alkanes of at least 4 members (excludes halogenated alkanes) is 1. The van der Waals surface area contributed by atoms with Gasteiger partial charge in [-0.25, -0.2) is 4.79 Å². The largest absolute Gasteiger partial charge is 0.458 e. The fourth-order valence-corrected chi connectivity index (χ4v) is 8.96. The predicted octanol–water partition coefficient (Wildman–Crippen LogP) is 4.45. The van der Waals surface area contributed by atoms with E-state index >= 15 is 0 Å². The van der Waals surface area contributed by atoms with Crippen LogP contribution in [0.1, 0.15) is 53.4 Å². The van der Waals surface area contributed by atoms with Crippen LogP contribution in [-0.2, 0) is 18.7 Å². The highest BCUT2D eigenvalue weighted by Gasteiger charge is 2.50. The Morgan fingerprint density at radius 1 is 0.968 bits per heavy atom. The Morgan fingerprint density at radius 3 is 2.03 bits per heavy atom. The van der Waals surface area contributed by atoms with Crippen LogP contribution < -0.4 is 10.4 Å². The Hall–Kier alpha value is -1.95. The molecule has 1 heterocycles. The third-order valence-electron chi connectivity index (χ3n) is 6.02. The van der Waals surface area contributed by atoms with Crippen molar-refractivity contribution in [3.8, 4) is 0 Å². The highest BCUT2D eigenvalue weighted by Crippen LogP contribution is 2.37. The van der Waals surface area contributed by atoms with E-state index in [1.165, 1.54) is 10.4 Å². The molecule has 0 aromatic heterocycles. The van der Waals surface area contributed by atoms with Gasteiger partial charge in [-0.1, -0.05) is 94.8 Å². The molecule has 1 aliphatic rings. The third kappa shape index (κ3) is 5.46. The minimum Gasteiger partial charge on any atom is -0.458 e. The van der Waals surface area contributed by atoms with Gasteiger partial charge in [0.25, 0.3) is 8.32 Å². The second-order valence-electron chi connectivity index (χ2n) is 9.32. The van der Waals surface area contributed by atoms with Gasteiger partial charge in [-0.05, 0) is 34.7 Å². The van der Waals surface area contributed by atoms with Gasteiger partial charge in [0.2, 0.25) is 0 Å². The zero-order valence-electron chi connectivity index (χ0n) is 19.3. The summed E-state index contributed by atoms with van der Waals surface area (Å²) in [7, 11) is -2.62. The van der Waals surface area contributed by atoms with Crippen molar-refractivity contribution in [1.82, 2.24) is 0 Å². The van der Waals surface area contributed by atoms with E-state index in [0.29, 0.717) is 19.6 Å². The van der Waals surface area contributed by atoms with E-state index in [2.05, 4.69) is 76.2 Å². The Balaban J connectivity index is 1.80. The summed E-state index contributed by atoms with van der Waals surface area (Å²) in [5.41, 5.74) is 0. The van der Waals surface area contributed by atoms with Gasteiger partial charge in [-0.15, -0.1) is 0 Å². The van der Waals surface area contributed by atoms with E-state index in [1.807, 2.05) is 12.1 Å². The Bertz CT molecular complexity index is 777. The van der Waals surface area contributed by atoms with Crippen molar-refractivity contribution in [3.05, 3.63) is 60.7 Å². The first kappa shape index (κ1) is 23.7. The number of cyclic esters (lactones) is 1. The molecule has 168 valence electrons. The molecule has 2 aromatic rings. The van der Waals surface area contributed by atoms with Crippen LogP contribution in [0.5, 0.6) is 0 Å². The summed E-state index contributed by atoms with van der Waals surface area (Å²) in [6.45, 7) is 9.89. The summed E-state index contributed by atoms with van der Waals surface area (Å²) in [6, 6.07) is 21.1. The number of carbonyl (C=O) groups excluding carboxylic acids is 1. The zero-order chi connectivity index (χ0) is 22.3. The molecule has 1 saturated heterocycles. The minimum absolute atomic E-state index is 0.0970. The SMILES string of the molecule is CCCCO[C@@H]1CC[C@@H](CO[Si](c2ccccc2)(c2ccccc2)C(C)(C)C)OC1=O. The van der Waals surface area contributed by atoms with E-state index in [4.69, 9.17) is 13.9 Å². The molecule has 5 heteroatoms. The maximum absolute atomic E-state index is 12.5. The smallest absolute Gasteiger partial charge is 0.335 e. The molecular weight excluding hydrogens is 404 g/mol. The van der Waals surface area contributed by atoms with E-state index in [1.54, 1.807) is 0 Å². The van der Waals surface area contributed by atoms with Crippen molar-refractivity contribution in [1.29, 1.82) is 0 Å². The number of hydrogen-bond donors (Lipinski definition) is 0. The molecule has 0 aliphatic carbocycles. The topological polar surface area (TPSA) is 44.8 Å². The predicted molar refractivity (Wildman–Crippen MR) is 127 cm³/mol. The van der Waals surface area contributed by atoms with Crippen LogP contribution in [0, 0.1) is 0 Å². The standard InChI is InChI=1S/C26H36O4Si/c1-5-6-19-28-24-18-17-21(30-25(24)27)20-29-31(26(2,3)4,22-13-9-7-10-14-22)23-15-11-8-12-16-23/h7-16,21,24H,5-6,17-20H2,1-4H3/t21-,24+/m0/s1. The van der Waals surface area contributed by atoms with Gasteiger partial charge in [-0.3, -0.25) is 0 Å². The summed E-state index contributed by atoms with van der Waals surface area (Å²) in [6.07, 6.45) is 2.80. The van der Waals surface area contributed by atoms with Crippen molar-refractivity contribution in [2.45, 2.75) is 70.6 Å². The van der Waals surface area contributed by atoms with E-state index in [-0.39, 0.29) is 17.1 Å². The lowest BCUT2D eigenvalue weighted by Gasteiger charge is -2.44. The number of ether oxygens (including phenoxy) is 2. The second-order valence-corrected chi connectivity index (χ2v) is 13.6. The van der Waals surface area contributed by atoms with Gasteiger partial charge < -0.3 is 13.9 Å². The molecule has 0 radical (unpaired) electrons. The van der Waals surface area contributed by atoms with Crippen molar-refractivity contribution in [2.24, 2.45) is 0 Å². The van der Waals surface area contributed by atoms with Crippen molar-refractivity contribution < 1.29 is 18.7 Å². The molecule has 0 amide bonds. The number of esters is 1. The van der Waals surface area contributed by atoms with E-state index in [9.17, 15) is 4.79 Å². The van der Waals surface area contributed by atoms with Crippen LogP contribution in [0.3, 0.4) is 0 Å². The van der Waals surface area contributed by atoms with Gasteiger partial charge in [-0.2, -0.15) is 0 Å². The Labute approximate surface area is 188 Å².